The third-order valence-electron chi connectivity index (χ3n) is 4.63. The molecule has 0 aliphatic heterocycles. The topological polar surface area (TPSA) is 58.5 Å². The van der Waals surface area contributed by atoms with E-state index < -0.39 is 18.5 Å². The summed E-state index contributed by atoms with van der Waals surface area (Å²) in [5, 5.41) is 0.697. The number of hydrogen-bond donors (Lipinski definition) is 2. The molecule has 0 fully saturated rings. The predicted octanol–water partition coefficient (Wildman–Crippen LogP) is 5.27. The van der Waals surface area contributed by atoms with Crippen LogP contribution in [0.15, 0.2) is 42.5 Å². The number of benzene rings is 2. The molecule has 2 aromatic carbocycles. The van der Waals surface area contributed by atoms with E-state index in [1.54, 1.807) is 0 Å². The van der Waals surface area contributed by atoms with E-state index in [0.717, 1.165) is 35.3 Å². The molecule has 0 unspecified atom stereocenters. The molecule has 0 amide bonds. The summed E-state index contributed by atoms with van der Waals surface area (Å²) in [6.07, 6.45) is -2.22. The second-order valence-electron chi connectivity index (χ2n) is 7.51. The standard InChI is InChI=1S/C12H19ClN2S.C11H13ClF4N2/c1-16-8-7-15(6-5-14)10-11-3-2-4-12(13)9-11;12-9-3-1-2-8(10(9)13)6-18(5-4-17)7-11(14,15)16/h2-4,9H,5-8,10,14H2,1H3;1-3H,4-7,17H2. The van der Waals surface area contributed by atoms with Crippen molar-refractivity contribution in [2.75, 3.05) is 51.3 Å². The average Bonchev–Trinajstić information content (AvgIpc) is 2.75. The Morgan fingerprint density at radius 1 is 0.912 bits per heavy atom. The fraction of sp³-hybridized carbons (Fsp3) is 0.478. The van der Waals surface area contributed by atoms with Crippen LogP contribution in [0, 0.1) is 5.82 Å². The van der Waals surface area contributed by atoms with Gasteiger partial charge in [0.2, 0.25) is 0 Å². The quantitative estimate of drug-likeness (QED) is 0.358. The molecule has 34 heavy (non-hydrogen) atoms. The summed E-state index contributed by atoms with van der Waals surface area (Å²) in [5.74, 6) is 0.448. The molecule has 0 aliphatic carbocycles. The van der Waals surface area contributed by atoms with E-state index in [1.165, 1.54) is 23.8 Å². The first-order valence-electron chi connectivity index (χ1n) is 10.7. The molecule has 0 saturated heterocycles. The lowest BCUT2D eigenvalue weighted by molar-refractivity contribution is -0.146. The summed E-state index contributed by atoms with van der Waals surface area (Å²) >= 11 is 13.4. The zero-order chi connectivity index (χ0) is 25.6. The highest BCUT2D eigenvalue weighted by Gasteiger charge is 2.30. The fourth-order valence-electron chi connectivity index (χ4n) is 3.13. The SMILES string of the molecule is CSCCN(CCN)Cc1cccc(Cl)c1.NCCN(Cc1cccc(Cl)c1F)CC(F)(F)F. The molecule has 0 heterocycles. The summed E-state index contributed by atoms with van der Waals surface area (Å²) in [6.45, 7) is 2.44. The Kier molecular flexibility index (Phi) is 15.1. The summed E-state index contributed by atoms with van der Waals surface area (Å²) < 4.78 is 50.5. The monoisotopic (exact) mass is 542 g/mol. The van der Waals surface area contributed by atoms with Crippen LogP contribution in [0.3, 0.4) is 0 Å². The third-order valence-corrected chi connectivity index (χ3v) is 5.74. The summed E-state index contributed by atoms with van der Waals surface area (Å²) in [4.78, 5) is 3.40. The zero-order valence-corrected chi connectivity index (χ0v) is 21.5. The molecule has 11 heteroatoms. The van der Waals surface area contributed by atoms with Crippen LogP contribution in [0.1, 0.15) is 11.1 Å². The number of halogens is 6. The first-order valence-corrected chi connectivity index (χ1v) is 12.8. The van der Waals surface area contributed by atoms with Gasteiger partial charge in [0.1, 0.15) is 5.82 Å². The van der Waals surface area contributed by atoms with E-state index >= 15 is 0 Å². The number of nitrogens with two attached hydrogens (primary N) is 2. The summed E-state index contributed by atoms with van der Waals surface area (Å²) in [6, 6.07) is 12.3. The van der Waals surface area contributed by atoms with Gasteiger partial charge in [-0.25, -0.2) is 4.39 Å². The van der Waals surface area contributed by atoms with Crippen LogP contribution in [0.5, 0.6) is 0 Å². The molecular weight excluding hydrogens is 511 g/mol. The van der Waals surface area contributed by atoms with Crippen molar-refractivity contribution in [3.8, 4) is 0 Å². The lowest BCUT2D eigenvalue weighted by Gasteiger charge is -2.23. The molecule has 0 bridgehead atoms. The molecule has 0 aliphatic rings. The third kappa shape index (κ3) is 13.1. The van der Waals surface area contributed by atoms with Crippen LogP contribution < -0.4 is 11.5 Å². The van der Waals surface area contributed by atoms with E-state index in [9.17, 15) is 17.6 Å². The van der Waals surface area contributed by atoms with Crippen LogP contribution in [0.2, 0.25) is 10.0 Å². The molecule has 0 radical (unpaired) electrons. The molecule has 0 atom stereocenters. The Labute approximate surface area is 213 Å². The maximum atomic E-state index is 13.6. The van der Waals surface area contributed by atoms with Gasteiger partial charge in [0, 0.05) is 62.2 Å². The van der Waals surface area contributed by atoms with Crippen LogP contribution in [-0.4, -0.2) is 67.3 Å². The van der Waals surface area contributed by atoms with Gasteiger partial charge < -0.3 is 11.5 Å². The Bertz CT molecular complexity index is 843. The minimum atomic E-state index is -4.34. The minimum Gasteiger partial charge on any atom is -0.329 e. The smallest absolute Gasteiger partial charge is 0.329 e. The molecule has 2 aromatic rings. The molecule has 0 saturated carbocycles. The van der Waals surface area contributed by atoms with E-state index in [2.05, 4.69) is 17.2 Å². The van der Waals surface area contributed by atoms with Crippen molar-refractivity contribution in [3.63, 3.8) is 0 Å². The lowest BCUT2D eigenvalue weighted by atomic mass is 10.2. The summed E-state index contributed by atoms with van der Waals surface area (Å²) in [5.41, 5.74) is 12.2. The fourth-order valence-corrected chi connectivity index (χ4v) is 3.98. The van der Waals surface area contributed by atoms with Crippen molar-refractivity contribution in [2.45, 2.75) is 19.3 Å². The Hall–Kier alpha value is -1.07. The number of hydrogen-bond acceptors (Lipinski definition) is 5. The number of nitrogens with zero attached hydrogens (tertiary/aromatic N) is 2. The summed E-state index contributed by atoms with van der Waals surface area (Å²) in [7, 11) is 0. The molecule has 0 aromatic heterocycles. The van der Waals surface area contributed by atoms with Crippen molar-refractivity contribution < 1.29 is 17.6 Å². The first-order chi connectivity index (χ1) is 16.1. The number of rotatable bonds is 12. The van der Waals surface area contributed by atoms with E-state index in [4.69, 9.17) is 34.7 Å². The maximum absolute atomic E-state index is 13.6. The average molecular weight is 544 g/mol. The van der Waals surface area contributed by atoms with Gasteiger partial charge >= 0.3 is 6.18 Å². The number of alkyl halides is 3. The van der Waals surface area contributed by atoms with E-state index in [-0.39, 0.29) is 30.2 Å². The second-order valence-corrected chi connectivity index (χ2v) is 9.34. The van der Waals surface area contributed by atoms with Crippen molar-refractivity contribution in [1.82, 2.24) is 9.80 Å². The normalized spacial score (nSPS) is 11.6. The van der Waals surface area contributed by atoms with Gasteiger partial charge in [0.25, 0.3) is 0 Å². The van der Waals surface area contributed by atoms with E-state index in [0.29, 0.717) is 6.54 Å². The Morgan fingerprint density at radius 2 is 1.56 bits per heavy atom. The highest BCUT2D eigenvalue weighted by molar-refractivity contribution is 7.98. The highest BCUT2D eigenvalue weighted by atomic mass is 35.5. The van der Waals surface area contributed by atoms with Crippen molar-refractivity contribution in [3.05, 3.63) is 69.5 Å². The molecule has 0 spiro atoms. The van der Waals surface area contributed by atoms with Gasteiger partial charge in [0.15, 0.2) is 0 Å². The Morgan fingerprint density at radius 3 is 2.15 bits per heavy atom. The second kappa shape index (κ2) is 16.6. The van der Waals surface area contributed by atoms with Crippen LogP contribution in [0.4, 0.5) is 17.6 Å². The maximum Gasteiger partial charge on any atom is 0.401 e. The molecular formula is C23H32Cl2F4N4S. The molecule has 4 nitrogen and oxygen atoms in total. The van der Waals surface area contributed by atoms with E-state index in [1.807, 2.05) is 30.0 Å². The number of thioether (sulfide) groups is 1. The predicted molar refractivity (Wildman–Crippen MR) is 136 cm³/mol. The van der Waals surface area contributed by atoms with Crippen molar-refractivity contribution in [2.24, 2.45) is 11.5 Å². The van der Waals surface area contributed by atoms with Gasteiger partial charge in [-0.05, 0) is 30.0 Å². The van der Waals surface area contributed by atoms with Gasteiger partial charge in [-0.15, -0.1) is 0 Å². The first kappa shape index (κ1) is 31.0. The van der Waals surface area contributed by atoms with Crippen LogP contribution >= 0.6 is 35.0 Å². The highest BCUT2D eigenvalue weighted by Crippen LogP contribution is 2.22. The zero-order valence-electron chi connectivity index (χ0n) is 19.1. The Balaban J connectivity index is 0.000000342. The van der Waals surface area contributed by atoms with Crippen molar-refractivity contribution >= 4 is 35.0 Å². The lowest BCUT2D eigenvalue weighted by Crippen LogP contribution is -2.37. The molecule has 192 valence electrons. The van der Waals surface area contributed by atoms with Gasteiger partial charge in [0.05, 0.1) is 11.6 Å². The largest absolute Gasteiger partial charge is 0.401 e. The minimum absolute atomic E-state index is 0.0332. The molecule has 2 rings (SSSR count). The van der Waals surface area contributed by atoms with Crippen LogP contribution in [-0.2, 0) is 13.1 Å². The van der Waals surface area contributed by atoms with Gasteiger partial charge in [-0.1, -0.05) is 47.5 Å². The van der Waals surface area contributed by atoms with Gasteiger partial charge in [-0.2, -0.15) is 24.9 Å². The van der Waals surface area contributed by atoms with Gasteiger partial charge in [-0.3, -0.25) is 9.80 Å². The van der Waals surface area contributed by atoms with Crippen LogP contribution in [0.25, 0.3) is 0 Å². The molecule has 4 N–H and O–H groups in total. The van der Waals surface area contributed by atoms with Crippen molar-refractivity contribution in [1.29, 1.82) is 0 Å².